The van der Waals surface area contributed by atoms with E-state index < -0.39 is 0 Å². The second-order valence-electron chi connectivity index (χ2n) is 7.22. The lowest BCUT2D eigenvalue weighted by Crippen LogP contribution is -3.13. The van der Waals surface area contributed by atoms with Crippen LogP contribution in [0.15, 0.2) is 35.9 Å². The second kappa shape index (κ2) is 9.63. The zero-order chi connectivity index (χ0) is 17.4. The van der Waals surface area contributed by atoms with Crippen LogP contribution in [0.2, 0.25) is 0 Å². The summed E-state index contributed by atoms with van der Waals surface area (Å²) in [7, 11) is 1.96. The van der Waals surface area contributed by atoms with Crippen LogP contribution in [0.5, 0.6) is 0 Å². The van der Waals surface area contributed by atoms with Crippen LogP contribution in [0.1, 0.15) is 45.1 Å². The lowest BCUT2D eigenvalue weighted by atomic mass is 9.95. The molecule has 132 valence electrons. The summed E-state index contributed by atoms with van der Waals surface area (Å²) in [5.41, 5.74) is 2.69. The third kappa shape index (κ3) is 5.79. The van der Waals surface area contributed by atoms with Gasteiger partial charge in [0.1, 0.15) is 0 Å². The molecule has 1 fully saturated rings. The summed E-state index contributed by atoms with van der Waals surface area (Å²) in [6, 6.07) is 10.5. The molecule has 3 nitrogen and oxygen atoms in total. The van der Waals surface area contributed by atoms with Gasteiger partial charge in [0.25, 0.3) is 0 Å². The fourth-order valence-electron chi connectivity index (χ4n) is 3.55. The van der Waals surface area contributed by atoms with E-state index in [1.165, 1.54) is 11.1 Å². The van der Waals surface area contributed by atoms with Gasteiger partial charge < -0.3 is 9.80 Å². The fourth-order valence-corrected chi connectivity index (χ4v) is 3.55. The summed E-state index contributed by atoms with van der Waals surface area (Å²) < 4.78 is 0. The zero-order valence-corrected chi connectivity index (χ0v) is 15.6. The van der Waals surface area contributed by atoms with Gasteiger partial charge in [-0.25, -0.2) is 0 Å². The van der Waals surface area contributed by atoms with Gasteiger partial charge in [-0.2, -0.15) is 0 Å². The number of piperidine rings is 1. The summed E-state index contributed by atoms with van der Waals surface area (Å²) in [6.07, 6.45) is 6.60. The van der Waals surface area contributed by atoms with E-state index in [0.717, 1.165) is 51.9 Å². The summed E-state index contributed by atoms with van der Waals surface area (Å²) >= 11 is 0. The number of hydrogen-bond donors (Lipinski definition) is 1. The van der Waals surface area contributed by atoms with Crippen molar-refractivity contribution < 1.29 is 9.69 Å². The van der Waals surface area contributed by atoms with Gasteiger partial charge >= 0.3 is 0 Å². The normalized spacial score (nSPS) is 21.5. The number of nitrogens with zero attached hydrogens (tertiary/aromatic N) is 1. The SMILES string of the molecule is CCCCN(C)C(=O)C1CC[NH+](C/C(C)=C/c2ccccc2)CC1. The van der Waals surface area contributed by atoms with Gasteiger partial charge in [0.15, 0.2) is 0 Å². The number of unbranched alkanes of at least 4 members (excludes halogenated alkanes) is 1. The Morgan fingerprint density at radius 2 is 1.92 bits per heavy atom. The van der Waals surface area contributed by atoms with Crippen LogP contribution in [0.4, 0.5) is 0 Å². The van der Waals surface area contributed by atoms with Crippen molar-refractivity contribution >= 4 is 12.0 Å². The lowest BCUT2D eigenvalue weighted by molar-refractivity contribution is -0.900. The molecule has 3 heteroatoms. The Hall–Kier alpha value is -1.61. The predicted octanol–water partition coefficient (Wildman–Crippen LogP) is 2.64. The van der Waals surface area contributed by atoms with Crippen molar-refractivity contribution in [3.05, 3.63) is 41.5 Å². The molecular formula is C21H33N2O+. The summed E-state index contributed by atoms with van der Waals surface area (Å²) in [5.74, 6) is 0.605. The quantitative estimate of drug-likeness (QED) is 0.817. The molecule has 1 amide bonds. The molecule has 1 aliphatic heterocycles. The van der Waals surface area contributed by atoms with Crippen molar-refractivity contribution in [2.75, 3.05) is 33.2 Å². The molecule has 0 spiro atoms. The number of benzene rings is 1. The molecule has 0 saturated carbocycles. The molecule has 24 heavy (non-hydrogen) atoms. The van der Waals surface area contributed by atoms with Gasteiger partial charge in [0, 0.05) is 32.4 Å². The van der Waals surface area contributed by atoms with Gasteiger partial charge in [-0.1, -0.05) is 49.8 Å². The van der Waals surface area contributed by atoms with Gasteiger partial charge in [0.2, 0.25) is 5.91 Å². The van der Waals surface area contributed by atoms with Crippen LogP contribution in [0.25, 0.3) is 6.08 Å². The second-order valence-corrected chi connectivity index (χ2v) is 7.22. The number of carbonyl (C=O) groups excluding carboxylic acids is 1. The summed E-state index contributed by atoms with van der Waals surface area (Å²) in [4.78, 5) is 16.0. The van der Waals surface area contributed by atoms with E-state index >= 15 is 0 Å². The van der Waals surface area contributed by atoms with E-state index in [-0.39, 0.29) is 5.92 Å². The molecule has 0 aliphatic carbocycles. The van der Waals surface area contributed by atoms with Crippen LogP contribution in [-0.2, 0) is 4.79 Å². The highest BCUT2D eigenvalue weighted by Crippen LogP contribution is 2.13. The lowest BCUT2D eigenvalue weighted by Gasteiger charge is -2.31. The highest BCUT2D eigenvalue weighted by Gasteiger charge is 2.29. The third-order valence-corrected chi connectivity index (χ3v) is 5.01. The molecular weight excluding hydrogens is 296 g/mol. The first-order valence-corrected chi connectivity index (χ1v) is 9.41. The first-order chi connectivity index (χ1) is 11.6. The highest BCUT2D eigenvalue weighted by atomic mass is 16.2. The van der Waals surface area contributed by atoms with Crippen molar-refractivity contribution in [3.63, 3.8) is 0 Å². The molecule has 1 aliphatic rings. The Bertz CT molecular complexity index is 530. The zero-order valence-electron chi connectivity index (χ0n) is 15.6. The summed E-state index contributed by atoms with van der Waals surface area (Å²) in [5, 5.41) is 0. The first kappa shape index (κ1) is 18.7. The van der Waals surface area contributed by atoms with Gasteiger partial charge in [-0.3, -0.25) is 4.79 Å². The minimum absolute atomic E-state index is 0.244. The van der Waals surface area contributed by atoms with Crippen LogP contribution in [-0.4, -0.2) is 44.0 Å². The number of carbonyl (C=O) groups is 1. The fraction of sp³-hybridized carbons (Fsp3) is 0.571. The number of amides is 1. The minimum Gasteiger partial charge on any atom is -0.346 e. The molecule has 1 saturated heterocycles. The Kier molecular flexibility index (Phi) is 7.51. The van der Waals surface area contributed by atoms with E-state index in [2.05, 4.69) is 50.3 Å². The number of rotatable bonds is 7. The average molecular weight is 330 g/mol. The Labute approximate surface area is 147 Å². The average Bonchev–Trinajstić information content (AvgIpc) is 2.60. The van der Waals surface area contributed by atoms with Crippen LogP contribution < -0.4 is 4.90 Å². The van der Waals surface area contributed by atoms with Crippen molar-refractivity contribution in [1.29, 1.82) is 0 Å². The Balaban J connectivity index is 1.78. The minimum atomic E-state index is 0.244. The van der Waals surface area contributed by atoms with E-state index in [9.17, 15) is 4.79 Å². The molecule has 0 bridgehead atoms. The monoisotopic (exact) mass is 329 g/mol. The van der Waals surface area contributed by atoms with E-state index in [1.54, 1.807) is 4.90 Å². The molecule has 0 aromatic heterocycles. The van der Waals surface area contributed by atoms with Crippen molar-refractivity contribution in [2.24, 2.45) is 5.92 Å². The van der Waals surface area contributed by atoms with Crippen LogP contribution in [0, 0.1) is 5.92 Å². The molecule has 1 aromatic carbocycles. The number of likely N-dealkylation sites (tertiary alicyclic amines) is 1. The molecule has 1 N–H and O–H groups in total. The number of quaternary nitrogens is 1. The maximum atomic E-state index is 12.5. The molecule has 0 radical (unpaired) electrons. The molecule has 1 aromatic rings. The highest BCUT2D eigenvalue weighted by molar-refractivity contribution is 5.78. The number of nitrogens with one attached hydrogen (secondary N) is 1. The Morgan fingerprint density at radius 3 is 2.54 bits per heavy atom. The van der Waals surface area contributed by atoms with Crippen LogP contribution >= 0.6 is 0 Å². The third-order valence-electron chi connectivity index (χ3n) is 5.01. The topological polar surface area (TPSA) is 24.8 Å². The molecule has 2 rings (SSSR count). The van der Waals surface area contributed by atoms with Gasteiger partial charge in [0.05, 0.1) is 19.6 Å². The summed E-state index contributed by atoms with van der Waals surface area (Å²) in [6.45, 7) is 8.60. The van der Waals surface area contributed by atoms with Gasteiger partial charge in [-0.15, -0.1) is 0 Å². The number of hydrogen-bond acceptors (Lipinski definition) is 1. The van der Waals surface area contributed by atoms with Crippen molar-refractivity contribution in [1.82, 2.24) is 4.90 Å². The van der Waals surface area contributed by atoms with E-state index in [1.807, 2.05) is 11.9 Å². The van der Waals surface area contributed by atoms with Crippen molar-refractivity contribution in [3.8, 4) is 0 Å². The van der Waals surface area contributed by atoms with E-state index in [4.69, 9.17) is 0 Å². The smallest absolute Gasteiger partial charge is 0.225 e. The standard InChI is InChI=1S/C21H32N2O/c1-4-5-13-22(3)21(24)20-11-14-23(15-12-20)17-18(2)16-19-9-7-6-8-10-19/h6-10,16,20H,4-5,11-15,17H2,1-3H3/p+1/b18-16+. The molecule has 0 atom stereocenters. The maximum Gasteiger partial charge on any atom is 0.225 e. The van der Waals surface area contributed by atoms with Crippen LogP contribution in [0.3, 0.4) is 0 Å². The molecule has 0 unspecified atom stereocenters. The largest absolute Gasteiger partial charge is 0.346 e. The molecule has 1 heterocycles. The first-order valence-electron chi connectivity index (χ1n) is 9.41. The van der Waals surface area contributed by atoms with Gasteiger partial charge in [-0.05, 0) is 24.5 Å². The Morgan fingerprint density at radius 1 is 1.25 bits per heavy atom. The maximum absolute atomic E-state index is 12.5. The van der Waals surface area contributed by atoms with E-state index in [0.29, 0.717) is 5.91 Å². The predicted molar refractivity (Wildman–Crippen MR) is 101 cm³/mol. The van der Waals surface area contributed by atoms with Crippen molar-refractivity contribution in [2.45, 2.75) is 39.5 Å².